The number of hydrogen-bond donors (Lipinski definition) is 2. The van der Waals surface area contributed by atoms with Crippen LogP contribution in [0.25, 0.3) is 0 Å². The zero-order valence-electron chi connectivity index (χ0n) is 14.1. The highest BCUT2D eigenvalue weighted by atomic mass is 16.3. The summed E-state index contributed by atoms with van der Waals surface area (Å²) in [5.41, 5.74) is 6.35. The van der Waals surface area contributed by atoms with Crippen molar-refractivity contribution in [1.29, 1.82) is 0 Å². The van der Waals surface area contributed by atoms with Crippen LogP contribution in [0.1, 0.15) is 65.2 Å². The van der Waals surface area contributed by atoms with E-state index in [1.165, 1.54) is 19.3 Å². The monoisotopic (exact) mass is 305 g/mol. The number of Topliss-reactive ketones (excluding diaryl/α,β-unsaturated/α-hetero) is 1. The highest BCUT2D eigenvalue weighted by molar-refractivity contribution is 5.87. The first kappa shape index (κ1) is 15.1. The van der Waals surface area contributed by atoms with Crippen molar-refractivity contribution in [2.45, 2.75) is 77.4 Å². The SMILES string of the molecule is CC12CC[C@H]3[C@@H](CC[C@H]4C[C@H](N)[C@@H](O)CC43C)[C@@H]1CCC2=O. The number of ketones is 1. The Morgan fingerprint density at radius 1 is 1.14 bits per heavy atom. The largest absolute Gasteiger partial charge is 0.391 e. The second-order valence-corrected chi connectivity index (χ2v) is 9.25. The summed E-state index contributed by atoms with van der Waals surface area (Å²) in [7, 11) is 0. The molecule has 2 unspecified atom stereocenters. The van der Waals surface area contributed by atoms with Gasteiger partial charge in [0.1, 0.15) is 5.78 Å². The van der Waals surface area contributed by atoms with Crippen molar-refractivity contribution in [2.75, 3.05) is 0 Å². The number of rotatable bonds is 0. The van der Waals surface area contributed by atoms with Gasteiger partial charge in [0.2, 0.25) is 0 Å². The molecule has 4 fully saturated rings. The number of carbonyl (C=O) groups is 1. The van der Waals surface area contributed by atoms with E-state index in [4.69, 9.17) is 5.73 Å². The van der Waals surface area contributed by atoms with Crippen LogP contribution in [-0.2, 0) is 4.79 Å². The molecule has 0 radical (unpaired) electrons. The number of carbonyl (C=O) groups excluding carboxylic acids is 1. The molecule has 4 aliphatic rings. The molecule has 8 atom stereocenters. The number of aliphatic hydroxyl groups excluding tert-OH is 1. The summed E-state index contributed by atoms with van der Waals surface area (Å²) in [6, 6.07) is -0.0310. The van der Waals surface area contributed by atoms with Gasteiger partial charge in [-0.15, -0.1) is 0 Å². The van der Waals surface area contributed by atoms with Crippen LogP contribution in [0.15, 0.2) is 0 Å². The van der Waals surface area contributed by atoms with Gasteiger partial charge >= 0.3 is 0 Å². The fourth-order valence-electron chi connectivity index (χ4n) is 7.10. The molecule has 0 heterocycles. The highest BCUT2D eigenvalue weighted by Gasteiger charge is 2.60. The Kier molecular flexibility index (Phi) is 3.30. The van der Waals surface area contributed by atoms with Gasteiger partial charge in [0.15, 0.2) is 0 Å². The van der Waals surface area contributed by atoms with E-state index >= 15 is 0 Å². The predicted molar refractivity (Wildman–Crippen MR) is 86.1 cm³/mol. The van der Waals surface area contributed by atoms with E-state index in [1.807, 2.05) is 0 Å². The molecule has 0 aromatic rings. The molecule has 4 saturated carbocycles. The zero-order valence-corrected chi connectivity index (χ0v) is 14.1. The molecule has 124 valence electrons. The Morgan fingerprint density at radius 2 is 1.91 bits per heavy atom. The van der Waals surface area contributed by atoms with E-state index < -0.39 is 0 Å². The molecule has 4 aliphatic carbocycles. The van der Waals surface area contributed by atoms with Crippen LogP contribution < -0.4 is 5.73 Å². The summed E-state index contributed by atoms with van der Waals surface area (Å²) in [6.45, 7) is 4.66. The molecule has 0 aliphatic heterocycles. The molecule has 0 bridgehead atoms. The van der Waals surface area contributed by atoms with Crippen molar-refractivity contribution in [3.63, 3.8) is 0 Å². The topological polar surface area (TPSA) is 63.3 Å². The molecule has 0 spiro atoms. The predicted octanol–water partition coefficient (Wildman–Crippen LogP) is 2.90. The normalized spacial score (nSPS) is 57.9. The second-order valence-electron chi connectivity index (χ2n) is 9.25. The van der Waals surface area contributed by atoms with Crippen molar-refractivity contribution < 1.29 is 9.90 Å². The maximum atomic E-state index is 12.4. The first-order valence-corrected chi connectivity index (χ1v) is 9.33. The molecule has 4 rings (SSSR count). The van der Waals surface area contributed by atoms with Gasteiger partial charge < -0.3 is 10.8 Å². The van der Waals surface area contributed by atoms with Crippen molar-refractivity contribution in [1.82, 2.24) is 0 Å². The van der Waals surface area contributed by atoms with E-state index in [0.29, 0.717) is 29.5 Å². The van der Waals surface area contributed by atoms with E-state index in [1.54, 1.807) is 0 Å². The summed E-state index contributed by atoms with van der Waals surface area (Å²) in [6.07, 6.45) is 8.22. The number of nitrogens with two attached hydrogens (primary N) is 1. The summed E-state index contributed by atoms with van der Waals surface area (Å²) in [4.78, 5) is 12.4. The standard InChI is InChI=1S/C19H31NO2/c1-18-8-7-14-12(13(18)5-6-17(18)22)4-3-11-9-15(20)16(21)10-19(11,14)2/h11-16,21H,3-10,20H2,1-2H3/t11-,12-,13-,14-,15-,16-,18?,19?/m0/s1. The molecule has 3 N–H and O–H groups in total. The number of aliphatic hydroxyl groups is 1. The quantitative estimate of drug-likeness (QED) is 0.723. The van der Waals surface area contributed by atoms with Gasteiger partial charge in [0.25, 0.3) is 0 Å². The summed E-state index contributed by atoms with van der Waals surface area (Å²) < 4.78 is 0. The first-order valence-electron chi connectivity index (χ1n) is 9.33. The van der Waals surface area contributed by atoms with Gasteiger partial charge in [0.05, 0.1) is 6.10 Å². The number of fused-ring (bicyclic) bond motifs is 5. The van der Waals surface area contributed by atoms with Gasteiger partial charge in [0, 0.05) is 17.9 Å². The minimum absolute atomic E-state index is 0.0310. The van der Waals surface area contributed by atoms with Crippen molar-refractivity contribution in [2.24, 2.45) is 40.2 Å². The van der Waals surface area contributed by atoms with Crippen LogP contribution in [-0.4, -0.2) is 23.0 Å². The van der Waals surface area contributed by atoms with Crippen LogP contribution in [0, 0.1) is 34.5 Å². The molecule has 0 amide bonds. The van der Waals surface area contributed by atoms with Gasteiger partial charge in [-0.05, 0) is 74.0 Å². The van der Waals surface area contributed by atoms with Crippen LogP contribution in [0.5, 0.6) is 0 Å². The van der Waals surface area contributed by atoms with Crippen molar-refractivity contribution in [3.8, 4) is 0 Å². The maximum Gasteiger partial charge on any atom is 0.139 e. The summed E-state index contributed by atoms with van der Waals surface area (Å²) in [5, 5.41) is 10.4. The van der Waals surface area contributed by atoms with Crippen LogP contribution >= 0.6 is 0 Å². The van der Waals surface area contributed by atoms with Crippen LogP contribution in [0.3, 0.4) is 0 Å². The molecule has 3 heteroatoms. The molecular weight excluding hydrogens is 274 g/mol. The summed E-state index contributed by atoms with van der Waals surface area (Å²) in [5.74, 6) is 3.19. The minimum Gasteiger partial charge on any atom is -0.391 e. The Morgan fingerprint density at radius 3 is 2.68 bits per heavy atom. The van der Waals surface area contributed by atoms with Crippen LogP contribution in [0.2, 0.25) is 0 Å². The second kappa shape index (κ2) is 4.80. The fourth-order valence-corrected chi connectivity index (χ4v) is 7.10. The Bertz CT molecular complexity index is 492. The Hall–Kier alpha value is -0.410. The number of hydrogen-bond acceptors (Lipinski definition) is 3. The average molecular weight is 305 g/mol. The van der Waals surface area contributed by atoms with Gasteiger partial charge in [-0.25, -0.2) is 0 Å². The van der Waals surface area contributed by atoms with Gasteiger partial charge in [-0.3, -0.25) is 4.79 Å². The molecule has 0 saturated heterocycles. The smallest absolute Gasteiger partial charge is 0.139 e. The van der Waals surface area contributed by atoms with Crippen molar-refractivity contribution in [3.05, 3.63) is 0 Å². The lowest BCUT2D eigenvalue weighted by molar-refractivity contribution is -0.145. The van der Waals surface area contributed by atoms with Crippen molar-refractivity contribution >= 4 is 5.78 Å². The summed E-state index contributed by atoms with van der Waals surface area (Å²) >= 11 is 0. The van der Waals surface area contributed by atoms with Gasteiger partial charge in [-0.2, -0.15) is 0 Å². The van der Waals surface area contributed by atoms with Crippen LogP contribution in [0.4, 0.5) is 0 Å². The third-order valence-corrected chi connectivity index (χ3v) is 8.47. The Balaban J connectivity index is 1.65. The lowest BCUT2D eigenvalue weighted by Gasteiger charge is -2.60. The highest BCUT2D eigenvalue weighted by Crippen LogP contribution is 2.65. The molecule has 0 aromatic carbocycles. The first-order chi connectivity index (χ1) is 10.4. The van der Waals surface area contributed by atoms with E-state index in [-0.39, 0.29) is 23.0 Å². The van der Waals surface area contributed by atoms with E-state index in [0.717, 1.165) is 32.1 Å². The maximum absolute atomic E-state index is 12.4. The third-order valence-electron chi connectivity index (χ3n) is 8.47. The van der Waals surface area contributed by atoms with E-state index in [2.05, 4.69) is 13.8 Å². The average Bonchev–Trinajstić information content (AvgIpc) is 2.77. The lowest BCUT2D eigenvalue weighted by Crippen LogP contribution is -2.58. The van der Waals surface area contributed by atoms with E-state index in [9.17, 15) is 9.90 Å². The molecule has 22 heavy (non-hydrogen) atoms. The van der Waals surface area contributed by atoms with Gasteiger partial charge in [-0.1, -0.05) is 13.8 Å². The Labute approximate surface area is 134 Å². The fraction of sp³-hybridized carbons (Fsp3) is 0.947. The zero-order chi connectivity index (χ0) is 15.7. The lowest BCUT2D eigenvalue weighted by atomic mass is 9.45. The molecule has 3 nitrogen and oxygen atoms in total. The molecular formula is C19H31NO2. The molecule has 0 aromatic heterocycles. The minimum atomic E-state index is -0.335. The third kappa shape index (κ3) is 1.84.